The average molecular weight is 333 g/mol. The van der Waals surface area contributed by atoms with Crippen LogP contribution in [0.25, 0.3) is 0 Å². The van der Waals surface area contributed by atoms with Crippen molar-refractivity contribution in [3.63, 3.8) is 0 Å². The fourth-order valence-electron chi connectivity index (χ4n) is 2.01. The number of carbonyl (C=O) groups is 2. The molecule has 2 aromatic carbocycles. The first kappa shape index (κ1) is 17.0. The lowest BCUT2D eigenvalue weighted by Crippen LogP contribution is -2.20. The number of rotatable bonds is 7. The summed E-state index contributed by atoms with van der Waals surface area (Å²) in [6, 6.07) is 13.9. The quantitative estimate of drug-likeness (QED) is 0.439. The third-order valence-electron chi connectivity index (χ3n) is 3.28. The van der Waals surface area contributed by atoms with E-state index in [1.54, 1.807) is 31.4 Å². The van der Waals surface area contributed by atoms with Crippen molar-refractivity contribution in [2.75, 3.05) is 7.11 Å². The molecule has 0 spiro atoms. The number of hydrogen-bond acceptors (Lipinski definition) is 4. The molecule has 0 amide bonds. The van der Waals surface area contributed by atoms with Crippen LogP contribution in [0.1, 0.15) is 18.4 Å². The Balaban J connectivity index is 1.77. The van der Waals surface area contributed by atoms with Gasteiger partial charge in [0, 0.05) is 11.4 Å². The molecule has 0 aliphatic carbocycles. The van der Waals surface area contributed by atoms with Crippen molar-refractivity contribution < 1.29 is 19.1 Å². The van der Waals surface area contributed by atoms with Crippen LogP contribution in [0.2, 0.25) is 5.02 Å². The van der Waals surface area contributed by atoms with Gasteiger partial charge in [-0.3, -0.25) is 4.79 Å². The van der Waals surface area contributed by atoms with E-state index in [2.05, 4.69) is 0 Å². The van der Waals surface area contributed by atoms with E-state index in [-0.39, 0.29) is 6.42 Å². The van der Waals surface area contributed by atoms with Gasteiger partial charge in [-0.1, -0.05) is 23.7 Å². The highest BCUT2D eigenvalue weighted by molar-refractivity contribution is 6.34. The van der Waals surface area contributed by atoms with Crippen LogP contribution in [0.5, 0.6) is 11.5 Å². The number of hydrogen-bond donors (Lipinski definition) is 0. The Kier molecular flexibility index (Phi) is 6.18. The molecule has 4 nitrogen and oxygen atoms in total. The summed E-state index contributed by atoms with van der Waals surface area (Å²) in [7, 11) is 1.61. The number of ketones is 1. The zero-order valence-corrected chi connectivity index (χ0v) is 13.5. The van der Waals surface area contributed by atoms with Crippen molar-refractivity contribution in [1.29, 1.82) is 0 Å². The van der Waals surface area contributed by atoms with Crippen LogP contribution < -0.4 is 9.47 Å². The third-order valence-corrected chi connectivity index (χ3v) is 3.53. The Morgan fingerprint density at radius 2 is 1.57 bits per heavy atom. The van der Waals surface area contributed by atoms with Gasteiger partial charge in [-0.2, -0.15) is 0 Å². The molecule has 23 heavy (non-hydrogen) atoms. The highest BCUT2D eigenvalue weighted by Crippen LogP contribution is 2.16. The van der Waals surface area contributed by atoms with Crippen LogP contribution in [-0.2, 0) is 16.0 Å². The Hall–Kier alpha value is -2.33. The maximum atomic E-state index is 11.8. The van der Waals surface area contributed by atoms with Crippen LogP contribution in [0, 0.1) is 0 Å². The normalized spacial score (nSPS) is 10.2. The van der Waals surface area contributed by atoms with Gasteiger partial charge in [0.25, 0.3) is 0 Å². The Morgan fingerprint density at radius 3 is 2.17 bits per heavy atom. The van der Waals surface area contributed by atoms with Gasteiger partial charge in [0.15, 0.2) is 0 Å². The number of ether oxygens (including phenoxy) is 2. The first-order chi connectivity index (χ1) is 11.1. The minimum Gasteiger partial charge on any atom is -0.497 e. The van der Waals surface area contributed by atoms with Gasteiger partial charge in [0.1, 0.15) is 11.5 Å². The molecule has 0 N–H and O–H groups in total. The molecule has 0 aliphatic heterocycles. The largest absolute Gasteiger partial charge is 0.497 e. The van der Waals surface area contributed by atoms with Gasteiger partial charge in [-0.05, 0) is 54.8 Å². The molecule has 5 heteroatoms. The highest BCUT2D eigenvalue weighted by Gasteiger charge is 2.15. The molecule has 0 fully saturated rings. The minimum absolute atomic E-state index is 0.151. The fourth-order valence-corrected chi connectivity index (χ4v) is 2.14. The van der Waals surface area contributed by atoms with Gasteiger partial charge in [0.05, 0.1) is 7.11 Å². The molecule has 0 bridgehead atoms. The molecule has 0 radical (unpaired) electrons. The first-order valence-corrected chi connectivity index (χ1v) is 7.60. The topological polar surface area (TPSA) is 52.6 Å². The lowest BCUT2D eigenvalue weighted by Gasteiger charge is -2.05. The van der Waals surface area contributed by atoms with Gasteiger partial charge in [-0.25, -0.2) is 4.79 Å². The third kappa shape index (κ3) is 5.42. The van der Waals surface area contributed by atoms with Crippen molar-refractivity contribution in [1.82, 2.24) is 0 Å². The number of Topliss-reactive ketones (excluding diaryl/α,β-unsaturated/α-hetero) is 1. The van der Waals surface area contributed by atoms with Crippen molar-refractivity contribution in [2.45, 2.75) is 19.3 Å². The van der Waals surface area contributed by atoms with Crippen LogP contribution >= 0.6 is 11.6 Å². The molecule has 2 aromatic rings. The maximum Gasteiger partial charge on any atom is 0.379 e. The van der Waals surface area contributed by atoms with Crippen molar-refractivity contribution in [2.24, 2.45) is 0 Å². The summed E-state index contributed by atoms with van der Waals surface area (Å²) in [6.45, 7) is 0. The predicted octanol–water partition coefficient (Wildman–Crippen LogP) is 3.85. The van der Waals surface area contributed by atoms with Crippen molar-refractivity contribution in [3.05, 3.63) is 59.1 Å². The molecule has 0 atom stereocenters. The molecule has 0 saturated carbocycles. The fraction of sp³-hybridized carbons (Fsp3) is 0.222. The summed E-state index contributed by atoms with van der Waals surface area (Å²) >= 11 is 5.74. The second-order valence-corrected chi connectivity index (χ2v) is 5.40. The summed E-state index contributed by atoms with van der Waals surface area (Å²) in [5, 5.41) is 0.538. The van der Waals surface area contributed by atoms with Crippen LogP contribution in [-0.4, -0.2) is 18.9 Å². The number of halogens is 1. The van der Waals surface area contributed by atoms with E-state index in [0.717, 1.165) is 11.3 Å². The second-order valence-electron chi connectivity index (χ2n) is 4.97. The van der Waals surface area contributed by atoms with E-state index < -0.39 is 11.8 Å². The maximum absolute atomic E-state index is 11.8. The van der Waals surface area contributed by atoms with Crippen LogP contribution in [0.4, 0.5) is 0 Å². The van der Waals surface area contributed by atoms with Gasteiger partial charge >= 0.3 is 5.97 Å². The van der Waals surface area contributed by atoms with Gasteiger partial charge in [-0.15, -0.1) is 0 Å². The molecular weight excluding hydrogens is 316 g/mol. The molecule has 120 valence electrons. The van der Waals surface area contributed by atoms with Crippen molar-refractivity contribution >= 4 is 23.4 Å². The monoisotopic (exact) mass is 332 g/mol. The smallest absolute Gasteiger partial charge is 0.379 e. The van der Waals surface area contributed by atoms with Crippen LogP contribution in [0.15, 0.2) is 48.5 Å². The Morgan fingerprint density at radius 1 is 0.957 bits per heavy atom. The summed E-state index contributed by atoms with van der Waals surface area (Å²) in [6.07, 6.45) is 1.45. The Labute approximate surface area is 140 Å². The number of esters is 1. The number of benzene rings is 2. The minimum atomic E-state index is -0.845. The van der Waals surface area contributed by atoms with E-state index in [4.69, 9.17) is 21.1 Å². The summed E-state index contributed by atoms with van der Waals surface area (Å²) < 4.78 is 10.1. The van der Waals surface area contributed by atoms with Crippen LogP contribution in [0.3, 0.4) is 0 Å². The van der Waals surface area contributed by atoms with Crippen molar-refractivity contribution in [3.8, 4) is 11.5 Å². The molecular formula is C18H17ClO4. The molecule has 0 aliphatic rings. The molecule has 0 aromatic heterocycles. The lowest BCUT2D eigenvalue weighted by molar-refractivity contribution is -0.147. The summed E-state index contributed by atoms with van der Waals surface area (Å²) in [4.78, 5) is 23.5. The average Bonchev–Trinajstić information content (AvgIpc) is 2.57. The zero-order valence-electron chi connectivity index (χ0n) is 12.8. The molecule has 0 heterocycles. The zero-order chi connectivity index (χ0) is 16.7. The van der Waals surface area contributed by atoms with Gasteiger partial charge < -0.3 is 9.47 Å². The SMILES string of the molecule is COc1ccc(CCCC(=O)C(=O)Oc2ccc(Cl)cc2)cc1. The second kappa shape index (κ2) is 8.34. The van der Waals surface area contributed by atoms with Gasteiger partial charge in [0.2, 0.25) is 5.78 Å². The summed E-state index contributed by atoms with van der Waals surface area (Å²) in [5.74, 6) is -0.283. The molecule has 0 saturated heterocycles. The van der Waals surface area contributed by atoms with E-state index in [0.29, 0.717) is 23.6 Å². The standard InChI is InChI=1S/C18H17ClO4/c1-22-15-9-5-13(6-10-15)3-2-4-17(20)18(21)23-16-11-7-14(19)8-12-16/h5-12H,2-4H2,1H3. The van der Waals surface area contributed by atoms with E-state index in [1.807, 2.05) is 24.3 Å². The molecule has 2 rings (SSSR count). The van der Waals surface area contributed by atoms with E-state index in [1.165, 1.54) is 0 Å². The lowest BCUT2D eigenvalue weighted by atomic mass is 10.1. The van der Waals surface area contributed by atoms with E-state index >= 15 is 0 Å². The number of methoxy groups -OCH3 is 1. The number of carbonyl (C=O) groups excluding carboxylic acids is 2. The Bertz CT molecular complexity index is 662. The number of aryl methyl sites for hydroxylation is 1. The summed E-state index contributed by atoms with van der Waals surface area (Å²) in [5.41, 5.74) is 1.09. The highest BCUT2D eigenvalue weighted by atomic mass is 35.5. The predicted molar refractivity (Wildman–Crippen MR) is 88.0 cm³/mol. The first-order valence-electron chi connectivity index (χ1n) is 7.22. The van der Waals surface area contributed by atoms with E-state index in [9.17, 15) is 9.59 Å². The molecule has 0 unspecified atom stereocenters.